The van der Waals surface area contributed by atoms with E-state index in [1.807, 2.05) is 30.3 Å². The lowest BCUT2D eigenvalue weighted by atomic mass is 10.2. The van der Waals surface area contributed by atoms with E-state index in [-0.39, 0.29) is 18.2 Å². The van der Waals surface area contributed by atoms with Crippen molar-refractivity contribution in [3.8, 4) is 5.75 Å². The number of morpholine rings is 1. The average Bonchev–Trinajstić information content (AvgIpc) is 2.74. The van der Waals surface area contributed by atoms with E-state index in [1.54, 1.807) is 4.90 Å². The summed E-state index contributed by atoms with van der Waals surface area (Å²) in [5.74, 6) is 0.248. The minimum Gasteiger partial charge on any atom is -0.484 e. The third kappa shape index (κ3) is 5.51. The molecule has 1 aliphatic heterocycles. The number of para-hydroxylation sites is 1. The molecule has 0 aliphatic carbocycles. The van der Waals surface area contributed by atoms with Crippen LogP contribution < -0.4 is 9.64 Å². The number of carbonyl (C=O) groups excluding carboxylic acids is 1. The molecule has 0 N–H and O–H groups in total. The lowest BCUT2D eigenvalue weighted by Crippen LogP contribution is -2.44. The van der Waals surface area contributed by atoms with Crippen LogP contribution in [-0.4, -0.2) is 61.7 Å². The molecule has 1 fully saturated rings. The summed E-state index contributed by atoms with van der Waals surface area (Å²) in [6.45, 7) is 4.29. The fourth-order valence-electron chi connectivity index (χ4n) is 2.96. The van der Waals surface area contributed by atoms with Gasteiger partial charge >= 0.3 is 0 Å². The van der Waals surface area contributed by atoms with Gasteiger partial charge in [0.2, 0.25) is 0 Å². The van der Waals surface area contributed by atoms with Gasteiger partial charge in [0.05, 0.1) is 18.1 Å². The van der Waals surface area contributed by atoms with Crippen molar-refractivity contribution in [3.05, 3.63) is 64.7 Å². The Balaban J connectivity index is 1.61. The molecule has 28 heavy (non-hydrogen) atoms. The van der Waals surface area contributed by atoms with E-state index < -0.39 is 4.92 Å². The molecule has 3 rings (SSSR count). The summed E-state index contributed by atoms with van der Waals surface area (Å²) in [6.07, 6.45) is 0. The van der Waals surface area contributed by atoms with Gasteiger partial charge in [0.1, 0.15) is 5.75 Å². The van der Waals surface area contributed by atoms with Gasteiger partial charge in [-0.05, 0) is 24.3 Å². The Bertz CT molecular complexity index is 776. The van der Waals surface area contributed by atoms with Crippen LogP contribution in [-0.2, 0) is 9.53 Å². The topological polar surface area (TPSA) is 85.1 Å². The quantitative estimate of drug-likeness (QED) is 0.512. The number of ether oxygens (including phenoxy) is 2. The van der Waals surface area contributed by atoms with Gasteiger partial charge in [-0.25, -0.2) is 0 Å². The Kier molecular flexibility index (Phi) is 6.94. The second-order valence-electron chi connectivity index (χ2n) is 6.37. The molecule has 148 valence electrons. The summed E-state index contributed by atoms with van der Waals surface area (Å²) in [5, 5.41) is 10.7. The average molecular weight is 385 g/mol. The van der Waals surface area contributed by atoms with Crippen molar-refractivity contribution in [2.24, 2.45) is 0 Å². The molecule has 2 aromatic rings. The number of benzene rings is 2. The minimum atomic E-state index is -0.474. The number of carbonyl (C=O) groups is 1. The highest BCUT2D eigenvalue weighted by atomic mass is 16.6. The fraction of sp³-hybridized carbons (Fsp3) is 0.350. The van der Waals surface area contributed by atoms with Crippen LogP contribution in [0, 0.1) is 10.1 Å². The SMILES string of the molecule is O=C(COc1ccc([N+](=O)[O-])cc1)N(CCN1CCOCC1)c1ccccc1. The number of nitrogens with zero attached hydrogens (tertiary/aromatic N) is 3. The molecule has 1 aliphatic rings. The zero-order valence-electron chi connectivity index (χ0n) is 15.5. The van der Waals surface area contributed by atoms with Gasteiger partial charge in [-0.1, -0.05) is 18.2 Å². The number of rotatable bonds is 8. The van der Waals surface area contributed by atoms with Crippen LogP contribution in [0.2, 0.25) is 0 Å². The summed E-state index contributed by atoms with van der Waals surface area (Å²) in [4.78, 5) is 27.0. The highest BCUT2D eigenvalue weighted by Gasteiger charge is 2.19. The summed E-state index contributed by atoms with van der Waals surface area (Å²) < 4.78 is 10.9. The molecule has 0 spiro atoms. The summed E-state index contributed by atoms with van der Waals surface area (Å²) in [5.41, 5.74) is 0.795. The largest absolute Gasteiger partial charge is 0.484 e. The second kappa shape index (κ2) is 9.82. The molecule has 1 saturated heterocycles. The molecule has 0 saturated carbocycles. The zero-order valence-corrected chi connectivity index (χ0v) is 15.5. The maximum atomic E-state index is 12.8. The van der Waals surface area contributed by atoms with Crippen molar-refractivity contribution in [1.29, 1.82) is 0 Å². The predicted molar refractivity (Wildman–Crippen MR) is 105 cm³/mol. The normalized spacial score (nSPS) is 14.4. The van der Waals surface area contributed by atoms with Crippen LogP contribution in [0.1, 0.15) is 0 Å². The lowest BCUT2D eigenvalue weighted by molar-refractivity contribution is -0.384. The third-order valence-electron chi connectivity index (χ3n) is 4.52. The Labute approximate surface area is 163 Å². The van der Waals surface area contributed by atoms with E-state index >= 15 is 0 Å². The Morgan fingerprint density at radius 2 is 1.79 bits per heavy atom. The molecule has 0 unspecified atom stereocenters. The number of nitro groups is 1. The first-order valence-electron chi connectivity index (χ1n) is 9.16. The Morgan fingerprint density at radius 3 is 2.43 bits per heavy atom. The summed E-state index contributed by atoms with van der Waals surface area (Å²) in [6, 6.07) is 15.2. The molecule has 1 amide bonds. The van der Waals surface area contributed by atoms with Gasteiger partial charge < -0.3 is 14.4 Å². The van der Waals surface area contributed by atoms with Crippen molar-refractivity contribution in [1.82, 2.24) is 4.90 Å². The van der Waals surface area contributed by atoms with Crippen LogP contribution in [0.15, 0.2) is 54.6 Å². The Hall–Kier alpha value is -2.97. The second-order valence-corrected chi connectivity index (χ2v) is 6.37. The molecule has 8 nitrogen and oxygen atoms in total. The lowest BCUT2D eigenvalue weighted by Gasteiger charge is -2.30. The Morgan fingerprint density at radius 1 is 1.11 bits per heavy atom. The number of non-ortho nitro benzene ring substituents is 1. The van der Waals surface area contributed by atoms with Crippen LogP contribution in [0.3, 0.4) is 0 Å². The van der Waals surface area contributed by atoms with E-state index in [0.29, 0.717) is 25.5 Å². The maximum Gasteiger partial charge on any atom is 0.269 e. The van der Waals surface area contributed by atoms with Crippen molar-refractivity contribution in [2.45, 2.75) is 0 Å². The van der Waals surface area contributed by atoms with Gasteiger partial charge in [-0.2, -0.15) is 0 Å². The fourth-order valence-corrected chi connectivity index (χ4v) is 2.96. The molecular weight excluding hydrogens is 362 g/mol. The minimum absolute atomic E-state index is 0.0184. The van der Waals surface area contributed by atoms with Gasteiger partial charge in [0, 0.05) is 44.0 Å². The summed E-state index contributed by atoms with van der Waals surface area (Å²) in [7, 11) is 0. The molecule has 2 aromatic carbocycles. The number of anilines is 1. The first kappa shape index (κ1) is 19.8. The number of hydrogen-bond acceptors (Lipinski definition) is 6. The zero-order chi connectivity index (χ0) is 19.8. The molecule has 0 bridgehead atoms. The van der Waals surface area contributed by atoms with E-state index in [0.717, 1.165) is 25.3 Å². The van der Waals surface area contributed by atoms with E-state index in [9.17, 15) is 14.9 Å². The summed E-state index contributed by atoms with van der Waals surface area (Å²) >= 11 is 0. The first-order chi connectivity index (χ1) is 13.6. The number of nitro benzene ring substituents is 1. The number of amides is 1. The van der Waals surface area contributed by atoms with Crippen LogP contribution in [0.25, 0.3) is 0 Å². The van der Waals surface area contributed by atoms with E-state index in [4.69, 9.17) is 9.47 Å². The van der Waals surface area contributed by atoms with E-state index in [1.165, 1.54) is 24.3 Å². The van der Waals surface area contributed by atoms with Gasteiger partial charge in [0.25, 0.3) is 11.6 Å². The van der Waals surface area contributed by atoms with Crippen molar-refractivity contribution in [3.63, 3.8) is 0 Å². The standard InChI is InChI=1S/C20H23N3O5/c24-20(16-28-19-8-6-18(7-9-19)23(25)26)22(17-4-2-1-3-5-17)11-10-21-12-14-27-15-13-21/h1-9H,10-16H2. The van der Waals surface area contributed by atoms with Crippen molar-refractivity contribution < 1.29 is 19.2 Å². The van der Waals surface area contributed by atoms with Crippen LogP contribution in [0.5, 0.6) is 5.75 Å². The number of hydrogen-bond donors (Lipinski definition) is 0. The van der Waals surface area contributed by atoms with E-state index in [2.05, 4.69) is 4.90 Å². The molecule has 1 heterocycles. The van der Waals surface area contributed by atoms with Crippen molar-refractivity contribution >= 4 is 17.3 Å². The first-order valence-corrected chi connectivity index (χ1v) is 9.16. The molecule has 0 aromatic heterocycles. The monoisotopic (exact) mass is 385 g/mol. The predicted octanol–water partition coefficient (Wildman–Crippen LogP) is 2.34. The third-order valence-corrected chi connectivity index (χ3v) is 4.52. The maximum absolute atomic E-state index is 12.8. The highest BCUT2D eigenvalue weighted by Crippen LogP contribution is 2.18. The molecular formula is C20H23N3O5. The van der Waals surface area contributed by atoms with Gasteiger partial charge in [0.15, 0.2) is 6.61 Å². The van der Waals surface area contributed by atoms with Gasteiger partial charge in [-0.3, -0.25) is 19.8 Å². The molecule has 8 heteroatoms. The van der Waals surface area contributed by atoms with Crippen LogP contribution >= 0.6 is 0 Å². The molecule has 0 radical (unpaired) electrons. The van der Waals surface area contributed by atoms with Crippen LogP contribution in [0.4, 0.5) is 11.4 Å². The highest BCUT2D eigenvalue weighted by molar-refractivity contribution is 5.94. The smallest absolute Gasteiger partial charge is 0.269 e. The van der Waals surface area contributed by atoms with Crippen molar-refractivity contribution in [2.75, 3.05) is 50.9 Å². The molecule has 0 atom stereocenters. The van der Waals surface area contributed by atoms with Gasteiger partial charge in [-0.15, -0.1) is 0 Å².